The van der Waals surface area contributed by atoms with Crippen molar-refractivity contribution in [3.05, 3.63) is 41.2 Å². The van der Waals surface area contributed by atoms with Crippen LogP contribution in [0.4, 0.5) is 10.7 Å². The number of carbonyl (C=O) groups is 1. The van der Waals surface area contributed by atoms with Crippen molar-refractivity contribution in [3.8, 4) is 0 Å². The van der Waals surface area contributed by atoms with Crippen molar-refractivity contribution < 1.29 is 4.79 Å². The molecule has 2 heterocycles. The molecule has 1 aliphatic heterocycles. The van der Waals surface area contributed by atoms with Crippen molar-refractivity contribution in [2.75, 3.05) is 18.4 Å². The van der Waals surface area contributed by atoms with Gasteiger partial charge in [-0.1, -0.05) is 29.8 Å². The number of hydrogen-bond donors (Lipinski definition) is 2. The van der Waals surface area contributed by atoms with Crippen LogP contribution in [0.3, 0.4) is 0 Å². The second-order valence-corrected chi connectivity index (χ2v) is 6.57. The van der Waals surface area contributed by atoms with Crippen molar-refractivity contribution in [3.63, 3.8) is 0 Å². The minimum Gasteiger partial charge on any atom is -0.335 e. The predicted octanol–water partition coefficient (Wildman–Crippen LogP) is 2.74. The summed E-state index contributed by atoms with van der Waals surface area (Å²) in [6.45, 7) is 5.39. The number of urea groups is 1. The summed E-state index contributed by atoms with van der Waals surface area (Å²) >= 11 is 6.22. The van der Waals surface area contributed by atoms with Gasteiger partial charge in [0.05, 0.1) is 0 Å². The average molecular weight is 363 g/mol. The summed E-state index contributed by atoms with van der Waals surface area (Å²) in [5.74, 6) is 0.329. The molecule has 1 aromatic carbocycles. The highest BCUT2D eigenvalue weighted by atomic mass is 35.5. The zero-order valence-corrected chi connectivity index (χ0v) is 15.0. The molecule has 0 bridgehead atoms. The van der Waals surface area contributed by atoms with E-state index >= 15 is 0 Å². The van der Waals surface area contributed by atoms with Gasteiger partial charge in [0.25, 0.3) is 0 Å². The van der Waals surface area contributed by atoms with Crippen molar-refractivity contribution in [2.24, 2.45) is 0 Å². The first kappa shape index (κ1) is 17.7. The third-order valence-electron chi connectivity index (χ3n) is 4.36. The average Bonchev–Trinajstić information content (AvgIpc) is 3.06. The summed E-state index contributed by atoms with van der Waals surface area (Å²) in [4.78, 5) is 18.5. The Bertz CT molecular complexity index is 711. The predicted molar refractivity (Wildman–Crippen MR) is 97.6 cm³/mol. The van der Waals surface area contributed by atoms with E-state index in [9.17, 15) is 4.79 Å². The molecule has 0 spiro atoms. The van der Waals surface area contributed by atoms with Gasteiger partial charge in [-0.05, 0) is 31.4 Å². The van der Waals surface area contributed by atoms with Gasteiger partial charge in [-0.2, -0.15) is 0 Å². The fourth-order valence-electron chi connectivity index (χ4n) is 2.93. The monoisotopic (exact) mass is 362 g/mol. The Morgan fingerprint density at radius 2 is 2.08 bits per heavy atom. The number of amides is 2. The fourth-order valence-corrected chi connectivity index (χ4v) is 3.13. The largest absolute Gasteiger partial charge is 0.335 e. The van der Waals surface area contributed by atoms with Crippen LogP contribution in [0, 0.1) is 0 Å². The number of aryl methyl sites for hydroxylation is 1. The Hall–Kier alpha value is -2.12. The number of hydrogen-bond acceptors (Lipinski definition) is 4. The van der Waals surface area contributed by atoms with Gasteiger partial charge in [0.15, 0.2) is 0 Å². The number of nitrogens with zero attached hydrogens (tertiary/aromatic N) is 4. The lowest BCUT2D eigenvalue weighted by Gasteiger charge is -2.32. The van der Waals surface area contributed by atoms with Crippen molar-refractivity contribution >= 4 is 23.6 Å². The van der Waals surface area contributed by atoms with E-state index in [0.717, 1.165) is 49.6 Å². The Morgan fingerprint density at radius 1 is 1.32 bits per heavy atom. The van der Waals surface area contributed by atoms with Crippen LogP contribution in [0.1, 0.15) is 25.3 Å². The maximum absolute atomic E-state index is 12.1. The number of rotatable bonds is 5. The molecule has 7 nitrogen and oxygen atoms in total. The molecule has 1 aliphatic rings. The lowest BCUT2D eigenvalue weighted by Crippen LogP contribution is -2.45. The standard InChI is InChI=1S/C17H23ClN6O/c1-2-24-12-19-16(22-24)21-17(25)20-14-7-9-23(10-8-14)11-13-5-3-4-6-15(13)18/h3-6,12,14H,2,7-11H2,1H3,(H2,20,21,22,25). The Morgan fingerprint density at radius 3 is 2.76 bits per heavy atom. The molecule has 1 fully saturated rings. The molecule has 1 saturated heterocycles. The molecule has 2 amide bonds. The smallest absolute Gasteiger partial charge is 0.321 e. The van der Waals surface area contributed by atoms with E-state index in [2.05, 4.69) is 31.7 Å². The third-order valence-corrected chi connectivity index (χ3v) is 4.73. The van der Waals surface area contributed by atoms with Gasteiger partial charge in [0, 0.05) is 37.2 Å². The molecule has 0 saturated carbocycles. The molecule has 8 heteroatoms. The van der Waals surface area contributed by atoms with Crippen molar-refractivity contribution in [1.29, 1.82) is 0 Å². The number of halogens is 1. The Labute approximate surface area is 152 Å². The van der Waals surface area contributed by atoms with Crippen LogP contribution in [0.25, 0.3) is 0 Å². The van der Waals surface area contributed by atoms with E-state index in [0.29, 0.717) is 5.95 Å². The quantitative estimate of drug-likeness (QED) is 0.857. The first-order valence-electron chi connectivity index (χ1n) is 8.56. The molecule has 2 N–H and O–H groups in total. The van der Waals surface area contributed by atoms with Crippen LogP contribution in [-0.2, 0) is 13.1 Å². The number of aromatic nitrogens is 3. The summed E-state index contributed by atoms with van der Waals surface area (Å²) in [6, 6.07) is 7.84. The molecule has 0 atom stereocenters. The van der Waals surface area contributed by atoms with E-state index < -0.39 is 0 Å². The van der Waals surface area contributed by atoms with Gasteiger partial charge >= 0.3 is 6.03 Å². The second-order valence-electron chi connectivity index (χ2n) is 6.16. The Kier molecular flexibility index (Phi) is 5.88. The van der Waals surface area contributed by atoms with Gasteiger partial charge in [0.2, 0.25) is 5.95 Å². The van der Waals surface area contributed by atoms with Crippen LogP contribution in [0.15, 0.2) is 30.6 Å². The lowest BCUT2D eigenvalue weighted by atomic mass is 10.0. The fraction of sp³-hybridized carbons (Fsp3) is 0.471. The molecule has 25 heavy (non-hydrogen) atoms. The number of benzene rings is 1. The minimum atomic E-state index is -0.251. The number of likely N-dealkylation sites (tertiary alicyclic amines) is 1. The lowest BCUT2D eigenvalue weighted by molar-refractivity contribution is 0.190. The van der Waals surface area contributed by atoms with Gasteiger partial charge < -0.3 is 5.32 Å². The van der Waals surface area contributed by atoms with Gasteiger partial charge in [-0.3, -0.25) is 14.9 Å². The minimum absolute atomic E-state index is 0.163. The molecule has 0 unspecified atom stereocenters. The van der Waals surface area contributed by atoms with E-state index in [1.165, 1.54) is 0 Å². The third kappa shape index (κ3) is 4.93. The molecule has 134 valence electrons. The number of piperidine rings is 1. The maximum atomic E-state index is 12.1. The summed E-state index contributed by atoms with van der Waals surface area (Å²) in [7, 11) is 0. The zero-order chi connectivity index (χ0) is 17.6. The molecule has 3 rings (SSSR count). The van der Waals surface area contributed by atoms with Crippen molar-refractivity contribution in [1.82, 2.24) is 25.0 Å². The summed E-state index contributed by atoms with van der Waals surface area (Å²) in [6.07, 6.45) is 3.42. The maximum Gasteiger partial charge on any atom is 0.321 e. The Balaban J connectivity index is 1.43. The number of carbonyl (C=O) groups excluding carboxylic acids is 1. The first-order chi connectivity index (χ1) is 12.1. The molecule has 1 aromatic heterocycles. The second kappa shape index (κ2) is 8.31. The first-order valence-corrected chi connectivity index (χ1v) is 8.94. The molecular weight excluding hydrogens is 340 g/mol. The molecule has 0 radical (unpaired) electrons. The van der Waals surface area contributed by atoms with Gasteiger partial charge in [-0.15, -0.1) is 5.10 Å². The molecular formula is C17H23ClN6O. The zero-order valence-electron chi connectivity index (χ0n) is 14.3. The van der Waals surface area contributed by atoms with Crippen LogP contribution >= 0.6 is 11.6 Å². The van der Waals surface area contributed by atoms with Gasteiger partial charge in [0.1, 0.15) is 6.33 Å². The van der Waals surface area contributed by atoms with Crippen LogP contribution in [-0.4, -0.2) is 44.8 Å². The normalized spacial score (nSPS) is 15.9. The van der Waals surface area contributed by atoms with E-state index in [1.807, 2.05) is 25.1 Å². The number of nitrogens with one attached hydrogen (secondary N) is 2. The highest BCUT2D eigenvalue weighted by Crippen LogP contribution is 2.19. The summed E-state index contributed by atoms with van der Waals surface area (Å²) < 4.78 is 1.67. The van der Waals surface area contributed by atoms with Crippen LogP contribution < -0.4 is 10.6 Å². The number of anilines is 1. The van der Waals surface area contributed by atoms with Crippen molar-refractivity contribution in [2.45, 2.75) is 38.9 Å². The molecule has 2 aromatic rings. The van der Waals surface area contributed by atoms with Crippen LogP contribution in [0.2, 0.25) is 5.02 Å². The van der Waals surface area contributed by atoms with E-state index in [4.69, 9.17) is 11.6 Å². The van der Waals surface area contributed by atoms with Gasteiger partial charge in [-0.25, -0.2) is 9.78 Å². The summed E-state index contributed by atoms with van der Waals surface area (Å²) in [5, 5.41) is 10.6. The molecule has 0 aliphatic carbocycles. The van der Waals surface area contributed by atoms with Crippen LogP contribution in [0.5, 0.6) is 0 Å². The SMILES string of the molecule is CCn1cnc(NC(=O)NC2CCN(Cc3ccccc3Cl)CC2)n1. The van der Waals surface area contributed by atoms with E-state index in [-0.39, 0.29) is 12.1 Å². The highest BCUT2D eigenvalue weighted by molar-refractivity contribution is 6.31. The topological polar surface area (TPSA) is 75.1 Å². The summed E-state index contributed by atoms with van der Waals surface area (Å²) in [5.41, 5.74) is 1.14. The highest BCUT2D eigenvalue weighted by Gasteiger charge is 2.21. The van der Waals surface area contributed by atoms with E-state index in [1.54, 1.807) is 11.0 Å².